The molecular formula is C17H19ClN2O. The number of hydrogen-bond donors (Lipinski definition) is 1. The van der Waals surface area contributed by atoms with Gasteiger partial charge in [0.1, 0.15) is 5.15 Å². The third-order valence-corrected chi connectivity index (χ3v) is 3.65. The van der Waals surface area contributed by atoms with Crippen molar-refractivity contribution in [1.29, 1.82) is 0 Å². The van der Waals surface area contributed by atoms with Crippen LogP contribution < -0.4 is 5.32 Å². The van der Waals surface area contributed by atoms with Crippen molar-refractivity contribution in [1.82, 2.24) is 10.3 Å². The largest absolute Gasteiger partial charge is 0.346 e. The van der Waals surface area contributed by atoms with Crippen molar-refractivity contribution >= 4 is 17.5 Å². The standard InChI is InChI=1S/C17H19ClN2O/c1-11(2)13-4-6-14(7-5-13)12(3)20-17(21)15-8-9-19-16(18)10-15/h4-12H,1-3H3,(H,20,21). The molecule has 1 heterocycles. The minimum absolute atomic E-state index is 0.0642. The van der Waals surface area contributed by atoms with E-state index < -0.39 is 0 Å². The van der Waals surface area contributed by atoms with E-state index in [4.69, 9.17) is 11.6 Å². The zero-order valence-electron chi connectivity index (χ0n) is 12.4. The van der Waals surface area contributed by atoms with Crippen LogP contribution >= 0.6 is 11.6 Å². The second kappa shape index (κ2) is 6.72. The van der Waals surface area contributed by atoms with Gasteiger partial charge in [0, 0.05) is 11.8 Å². The van der Waals surface area contributed by atoms with Crippen LogP contribution in [-0.2, 0) is 0 Å². The fraction of sp³-hybridized carbons (Fsp3) is 0.294. The molecule has 1 unspecified atom stereocenters. The molecule has 1 aromatic heterocycles. The number of pyridine rings is 1. The van der Waals surface area contributed by atoms with Crippen LogP contribution in [0.2, 0.25) is 5.15 Å². The van der Waals surface area contributed by atoms with E-state index in [-0.39, 0.29) is 11.9 Å². The number of hydrogen-bond acceptors (Lipinski definition) is 2. The third-order valence-electron chi connectivity index (χ3n) is 3.44. The predicted molar refractivity (Wildman–Crippen MR) is 85.7 cm³/mol. The van der Waals surface area contributed by atoms with Gasteiger partial charge in [0.25, 0.3) is 5.91 Å². The highest BCUT2D eigenvalue weighted by Crippen LogP contribution is 2.19. The van der Waals surface area contributed by atoms with E-state index >= 15 is 0 Å². The van der Waals surface area contributed by atoms with Crippen LogP contribution in [0.3, 0.4) is 0 Å². The second-order valence-electron chi connectivity index (χ2n) is 5.38. The zero-order chi connectivity index (χ0) is 15.4. The lowest BCUT2D eigenvalue weighted by Gasteiger charge is -2.15. The Labute approximate surface area is 130 Å². The summed E-state index contributed by atoms with van der Waals surface area (Å²) in [6.45, 7) is 6.28. The predicted octanol–water partition coefficient (Wildman–Crippen LogP) is 4.35. The quantitative estimate of drug-likeness (QED) is 0.853. The van der Waals surface area contributed by atoms with Crippen LogP contribution in [0.15, 0.2) is 42.6 Å². The summed E-state index contributed by atoms with van der Waals surface area (Å²) < 4.78 is 0. The maximum atomic E-state index is 12.2. The van der Waals surface area contributed by atoms with Gasteiger partial charge >= 0.3 is 0 Å². The van der Waals surface area contributed by atoms with Crippen LogP contribution in [0.5, 0.6) is 0 Å². The van der Waals surface area contributed by atoms with Crippen molar-refractivity contribution in [2.75, 3.05) is 0 Å². The molecule has 21 heavy (non-hydrogen) atoms. The molecule has 0 saturated heterocycles. The van der Waals surface area contributed by atoms with E-state index in [1.54, 1.807) is 12.1 Å². The topological polar surface area (TPSA) is 42.0 Å². The van der Waals surface area contributed by atoms with Gasteiger partial charge in [-0.05, 0) is 36.1 Å². The maximum Gasteiger partial charge on any atom is 0.251 e. The van der Waals surface area contributed by atoms with E-state index in [9.17, 15) is 4.79 Å². The molecule has 0 fully saturated rings. The van der Waals surface area contributed by atoms with Crippen molar-refractivity contribution in [3.05, 3.63) is 64.4 Å². The Balaban J connectivity index is 2.07. The molecule has 0 bridgehead atoms. The zero-order valence-corrected chi connectivity index (χ0v) is 13.2. The summed E-state index contributed by atoms with van der Waals surface area (Å²) in [5.74, 6) is 0.350. The Hall–Kier alpha value is -1.87. The van der Waals surface area contributed by atoms with Crippen molar-refractivity contribution in [3.63, 3.8) is 0 Å². The first-order valence-electron chi connectivity index (χ1n) is 6.99. The number of carbonyl (C=O) groups excluding carboxylic acids is 1. The summed E-state index contributed by atoms with van der Waals surface area (Å²) in [7, 11) is 0. The second-order valence-corrected chi connectivity index (χ2v) is 5.77. The molecule has 1 atom stereocenters. The lowest BCUT2D eigenvalue weighted by Crippen LogP contribution is -2.26. The molecule has 0 aliphatic heterocycles. The molecule has 0 aliphatic rings. The fourth-order valence-electron chi connectivity index (χ4n) is 2.08. The van der Waals surface area contributed by atoms with Crippen LogP contribution in [0, 0.1) is 0 Å². The van der Waals surface area contributed by atoms with Crippen LogP contribution in [-0.4, -0.2) is 10.9 Å². The van der Waals surface area contributed by atoms with Gasteiger partial charge in [0.15, 0.2) is 0 Å². The van der Waals surface area contributed by atoms with E-state index in [0.717, 1.165) is 5.56 Å². The maximum absolute atomic E-state index is 12.2. The molecule has 110 valence electrons. The average molecular weight is 303 g/mol. The third kappa shape index (κ3) is 4.05. The molecule has 3 nitrogen and oxygen atoms in total. The van der Waals surface area contributed by atoms with Gasteiger partial charge < -0.3 is 5.32 Å². The van der Waals surface area contributed by atoms with Crippen molar-refractivity contribution in [2.45, 2.75) is 32.7 Å². The molecule has 1 N–H and O–H groups in total. The van der Waals surface area contributed by atoms with E-state index in [0.29, 0.717) is 16.6 Å². The Morgan fingerprint density at radius 2 is 1.71 bits per heavy atom. The van der Waals surface area contributed by atoms with Gasteiger partial charge in [-0.2, -0.15) is 0 Å². The number of nitrogens with zero attached hydrogens (tertiary/aromatic N) is 1. The number of amides is 1. The highest BCUT2D eigenvalue weighted by Gasteiger charge is 2.12. The first-order chi connectivity index (χ1) is 9.97. The fourth-order valence-corrected chi connectivity index (χ4v) is 2.25. The number of aromatic nitrogens is 1. The minimum atomic E-state index is -0.153. The monoisotopic (exact) mass is 302 g/mol. The lowest BCUT2D eigenvalue weighted by molar-refractivity contribution is 0.0940. The van der Waals surface area contributed by atoms with E-state index in [1.807, 2.05) is 6.92 Å². The summed E-state index contributed by atoms with van der Waals surface area (Å²) in [6.07, 6.45) is 1.53. The van der Waals surface area contributed by atoms with Crippen LogP contribution in [0.25, 0.3) is 0 Å². The number of benzene rings is 1. The number of carbonyl (C=O) groups is 1. The average Bonchev–Trinajstić information content (AvgIpc) is 2.47. The molecule has 1 aromatic carbocycles. The molecule has 2 rings (SSSR count). The van der Waals surface area contributed by atoms with E-state index in [2.05, 4.69) is 48.4 Å². The van der Waals surface area contributed by atoms with Gasteiger partial charge in [-0.1, -0.05) is 49.7 Å². The summed E-state index contributed by atoms with van der Waals surface area (Å²) in [4.78, 5) is 16.0. The lowest BCUT2D eigenvalue weighted by atomic mass is 9.99. The van der Waals surface area contributed by atoms with E-state index in [1.165, 1.54) is 11.8 Å². The molecular weight excluding hydrogens is 284 g/mol. The minimum Gasteiger partial charge on any atom is -0.346 e. The Morgan fingerprint density at radius 3 is 2.29 bits per heavy atom. The number of halogens is 1. The molecule has 0 aliphatic carbocycles. The van der Waals surface area contributed by atoms with Gasteiger partial charge in [-0.15, -0.1) is 0 Å². The molecule has 0 saturated carbocycles. The van der Waals surface area contributed by atoms with Gasteiger partial charge in [-0.3, -0.25) is 4.79 Å². The number of nitrogens with one attached hydrogen (secondary N) is 1. The Morgan fingerprint density at radius 1 is 1.10 bits per heavy atom. The van der Waals surface area contributed by atoms with Crippen molar-refractivity contribution in [3.8, 4) is 0 Å². The molecule has 0 spiro atoms. The van der Waals surface area contributed by atoms with Gasteiger partial charge in [0.05, 0.1) is 6.04 Å². The molecule has 4 heteroatoms. The van der Waals surface area contributed by atoms with Crippen LogP contribution in [0.1, 0.15) is 54.2 Å². The van der Waals surface area contributed by atoms with Gasteiger partial charge in [-0.25, -0.2) is 4.98 Å². The number of rotatable bonds is 4. The summed E-state index contributed by atoms with van der Waals surface area (Å²) in [5, 5.41) is 3.28. The molecule has 0 radical (unpaired) electrons. The first-order valence-corrected chi connectivity index (χ1v) is 7.37. The van der Waals surface area contributed by atoms with Crippen molar-refractivity contribution < 1.29 is 4.79 Å². The summed E-state index contributed by atoms with van der Waals surface area (Å²) >= 11 is 5.80. The first kappa shape index (κ1) is 15.5. The highest BCUT2D eigenvalue weighted by molar-refractivity contribution is 6.29. The highest BCUT2D eigenvalue weighted by atomic mass is 35.5. The van der Waals surface area contributed by atoms with Crippen LogP contribution in [0.4, 0.5) is 0 Å². The SMILES string of the molecule is CC(C)c1ccc(C(C)NC(=O)c2ccnc(Cl)c2)cc1. The summed E-state index contributed by atoms with van der Waals surface area (Å²) in [5.41, 5.74) is 2.88. The van der Waals surface area contributed by atoms with Gasteiger partial charge in [0.2, 0.25) is 0 Å². The molecule has 2 aromatic rings. The van der Waals surface area contributed by atoms with Crippen molar-refractivity contribution in [2.24, 2.45) is 0 Å². The molecule has 1 amide bonds. The Kier molecular flexibility index (Phi) is 4.97. The Bertz CT molecular complexity index is 623. The summed E-state index contributed by atoms with van der Waals surface area (Å²) in [6, 6.07) is 11.5. The normalized spacial score (nSPS) is 12.2. The smallest absolute Gasteiger partial charge is 0.251 e.